The van der Waals surface area contributed by atoms with Gasteiger partial charge in [0.1, 0.15) is 17.5 Å². The van der Waals surface area contributed by atoms with Crippen molar-refractivity contribution in [2.24, 2.45) is 5.92 Å². The maximum Gasteiger partial charge on any atom is 0.265 e. The summed E-state index contributed by atoms with van der Waals surface area (Å²) >= 11 is 0. The molecule has 2 heterocycles. The van der Waals surface area contributed by atoms with Gasteiger partial charge in [-0.25, -0.2) is 4.98 Å². The van der Waals surface area contributed by atoms with Crippen molar-refractivity contribution in [2.45, 2.75) is 52.6 Å². The van der Waals surface area contributed by atoms with E-state index in [4.69, 9.17) is 4.42 Å². The molecule has 0 spiro atoms. The van der Waals surface area contributed by atoms with E-state index >= 15 is 0 Å². The molecule has 0 aliphatic heterocycles. The van der Waals surface area contributed by atoms with E-state index in [1.807, 2.05) is 26.0 Å². The van der Waals surface area contributed by atoms with Crippen LogP contribution >= 0.6 is 0 Å². The van der Waals surface area contributed by atoms with Gasteiger partial charge in [0.15, 0.2) is 0 Å². The molecular formula is C22H25N3O3. The van der Waals surface area contributed by atoms with Crippen LogP contribution in [0.25, 0.3) is 11.1 Å². The van der Waals surface area contributed by atoms with E-state index in [9.17, 15) is 9.59 Å². The summed E-state index contributed by atoms with van der Waals surface area (Å²) in [7, 11) is 0. The molecule has 2 aromatic heterocycles. The van der Waals surface area contributed by atoms with E-state index in [1.54, 1.807) is 11.5 Å². The van der Waals surface area contributed by atoms with Gasteiger partial charge in [-0.2, -0.15) is 0 Å². The predicted octanol–water partition coefficient (Wildman–Crippen LogP) is 3.76. The summed E-state index contributed by atoms with van der Waals surface area (Å²) in [6.45, 7) is 6.32. The second-order valence-electron chi connectivity index (χ2n) is 7.93. The molecule has 146 valence electrons. The summed E-state index contributed by atoms with van der Waals surface area (Å²) in [5.41, 5.74) is 2.71. The molecule has 1 unspecified atom stereocenters. The lowest BCUT2D eigenvalue weighted by atomic mass is 9.87. The molecule has 3 aromatic rings. The Bertz CT molecular complexity index is 1090. The number of furan rings is 1. The summed E-state index contributed by atoms with van der Waals surface area (Å²) in [5, 5.41) is 3.39. The Balaban J connectivity index is 1.72. The van der Waals surface area contributed by atoms with Crippen LogP contribution in [0, 0.1) is 12.8 Å². The van der Waals surface area contributed by atoms with Crippen molar-refractivity contribution in [2.75, 3.05) is 0 Å². The Morgan fingerprint density at radius 3 is 2.93 bits per heavy atom. The third-order valence-electron chi connectivity index (χ3n) is 5.32. The molecule has 0 fully saturated rings. The normalized spacial score (nSPS) is 16.4. The number of carbonyl (C=O) groups excluding carboxylic acids is 1. The van der Waals surface area contributed by atoms with E-state index < -0.39 is 0 Å². The van der Waals surface area contributed by atoms with Gasteiger partial charge in [-0.3, -0.25) is 14.2 Å². The van der Waals surface area contributed by atoms with Crippen molar-refractivity contribution in [1.29, 1.82) is 0 Å². The zero-order chi connectivity index (χ0) is 19.8. The molecular weight excluding hydrogens is 354 g/mol. The summed E-state index contributed by atoms with van der Waals surface area (Å²) in [6, 6.07) is 8.14. The van der Waals surface area contributed by atoms with E-state index in [1.165, 1.54) is 11.9 Å². The SMILES string of the molecule is Cc1oc2ncn(CC(C)C)c(=O)c2c1C(=O)NC1CCCc2ccccc21. The minimum atomic E-state index is -0.279. The number of aromatic nitrogens is 2. The number of hydrogen-bond donors (Lipinski definition) is 1. The molecule has 1 N–H and O–H groups in total. The predicted molar refractivity (Wildman–Crippen MR) is 107 cm³/mol. The van der Waals surface area contributed by atoms with Gasteiger partial charge in [0.05, 0.1) is 11.6 Å². The molecule has 0 saturated carbocycles. The minimum Gasteiger partial charge on any atom is -0.442 e. The first-order chi connectivity index (χ1) is 13.5. The number of benzene rings is 1. The molecule has 1 amide bonds. The first-order valence-electron chi connectivity index (χ1n) is 9.83. The van der Waals surface area contributed by atoms with Gasteiger partial charge in [-0.1, -0.05) is 38.1 Å². The Kier molecular flexibility index (Phi) is 4.79. The maximum atomic E-state index is 13.2. The second-order valence-corrected chi connectivity index (χ2v) is 7.93. The Hall–Kier alpha value is -2.89. The van der Waals surface area contributed by atoms with Gasteiger partial charge in [-0.05, 0) is 43.2 Å². The highest BCUT2D eigenvalue weighted by Crippen LogP contribution is 2.30. The molecule has 1 aliphatic rings. The van der Waals surface area contributed by atoms with Gasteiger partial charge < -0.3 is 9.73 Å². The number of nitrogens with one attached hydrogen (secondary N) is 1. The van der Waals surface area contributed by atoms with Crippen molar-refractivity contribution < 1.29 is 9.21 Å². The van der Waals surface area contributed by atoms with Crippen molar-refractivity contribution >= 4 is 17.0 Å². The zero-order valence-corrected chi connectivity index (χ0v) is 16.5. The first kappa shape index (κ1) is 18.5. The number of carbonyl (C=O) groups is 1. The van der Waals surface area contributed by atoms with Crippen LogP contribution in [-0.2, 0) is 13.0 Å². The number of aryl methyl sites for hydroxylation is 2. The summed E-state index contributed by atoms with van der Waals surface area (Å²) in [4.78, 5) is 30.4. The average molecular weight is 379 g/mol. The Morgan fingerprint density at radius 2 is 2.14 bits per heavy atom. The van der Waals surface area contributed by atoms with Crippen molar-refractivity contribution in [3.8, 4) is 0 Å². The molecule has 0 radical (unpaired) electrons. The van der Waals surface area contributed by atoms with Gasteiger partial charge >= 0.3 is 0 Å². The van der Waals surface area contributed by atoms with E-state index in [0.29, 0.717) is 23.8 Å². The lowest BCUT2D eigenvalue weighted by Gasteiger charge is -2.26. The van der Waals surface area contributed by atoms with Crippen LogP contribution in [0.4, 0.5) is 0 Å². The van der Waals surface area contributed by atoms with Crippen LogP contribution in [0.2, 0.25) is 0 Å². The lowest BCUT2D eigenvalue weighted by Crippen LogP contribution is -2.32. The summed E-state index contributed by atoms with van der Waals surface area (Å²) in [5.74, 6) is 0.434. The number of hydrogen-bond acceptors (Lipinski definition) is 4. The number of nitrogens with zero attached hydrogens (tertiary/aromatic N) is 2. The van der Waals surface area contributed by atoms with Crippen molar-refractivity contribution in [3.05, 3.63) is 63.4 Å². The molecule has 6 heteroatoms. The Morgan fingerprint density at radius 1 is 1.36 bits per heavy atom. The highest BCUT2D eigenvalue weighted by Gasteiger charge is 2.27. The third kappa shape index (κ3) is 3.23. The van der Waals surface area contributed by atoms with E-state index in [-0.39, 0.29) is 28.6 Å². The molecule has 4 rings (SSSR count). The quantitative estimate of drug-likeness (QED) is 0.749. The average Bonchev–Trinajstić information content (AvgIpc) is 3.01. The standard InChI is InChI=1S/C22H25N3O3/c1-13(2)11-25-12-23-21-19(22(25)27)18(14(3)28-21)20(26)24-17-10-6-8-15-7-4-5-9-16(15)17/h4-5,7,9,12-13,17H,6,8,10-11H2,1-3H3,(H,24,26). The van der Waals surface area contributed by atoms with Crippen LogP contribution in [-0.4, -0.2) is 15.5 Å². The molecule has 28 heavy (non-hydrogen) atoms. The van der Waals surface area contributed by atoms with E-state index in [2.05, 4.69) is 22.4 Å². The monoisotopic (exact) mass is 379 g/mol. The van der Waals surface area contributed by atoms with Crippen LogP contribution in [0.1, 0.15) is 60.0 Å². The highest BCUT2D eigenvalue weighted by molar-refractivity contribution is 6.06. The van der Waals surface area contributed by atoms with Crippen LogP contribution in [0.15, 0.2) is 39.8 Å². The zero-order valence-electron chi connectivity index (χ0n) is 16.5. The fourth-order valence-electron chi connectivity index (χ4n) is 4.07. The number of rotatable bonds is 4. The largest absolute Gasteiger partial charge is 0.442 e. The van der Waals surface area contributed by atoms with Gasteiger partial charge in [0, 0.05) is 6.54 Å². The van der Waals surface area contributed by atoms with Crippen LogP contribution in [0.3, 0.4) is 0 Å². The summed E-state index contributed by atoms with van der Waals surface area (Å²) < 4.78 is 7.18. The van der Waals surface area contributed by atoms with Gasteiger partial charge in [-0.15, -0.1) is 0 Å². The van der Waals surface area contributed by atoms with Crippen LogP contribution < -0.4 is 10.9 Å². The first-order valence-corrected chi connectivity index (χ1v) is 9.83. The highest BCUT2D eigenvalue weighted by atomic mass is 16.3. The van der Waals surface area contributed by atoms with Crippen LogP contribution in [0.5, 0.6) is 0 Å². The molecule has 6 nitrogen and oxygen atoms in total. The van der Waals surface area contributed by atoms with Gasteiger partial charge in [0.25, 0.3) is 11.5 Å². The third-order valence-corrected chi connectivity index (χ3v) is 5.32. The topological polar surface area (TPSA) is 77.1 Å². The minimum absolute atomic E-state index is 0.0589. The molecule has 1 aliphatic carbocycles. The second kappa shape index (κ2) is 7.26. The fraction of sp³-hybridized carbons (Fsp3) is 0.409. The smallest absolute Gasteiger partial charge is 0.265 e. The maximum absolute atomic E-state index is 13.2. The molecule has 0 saturated heterocycles. The molecule has 1 atom stereocenters. The Labute approximate surface area is 163 Å². The van der Waals surface area contributed by atoms with Crippen molar-refractivity contribution in [1.82, 2.24) is 14.9 Å². The number of fused-ring (bicyclic) bond motifs is 2. The van der Waals surface area contributed by atoms with Crippen molar-refractivity contribution in [3.63, 3.8) is 0 Å². The van der Waals surface area contributed by atoms with Gasteiger partial charge in [0.2, 0.25) is 5.71 Å². The summed E-state index contributed by atoms with van der Waals surface area (Å²) in [6.07, 6.45) is 4.43. The number of amides is 1. The lowest BCUT2D eigenvalue weighted by molar-refractivity contribution is 0.0932. The molecule has 1 aromatic carbocycles. The van der Waals surface area contributed by atoms with E-state index in [0.717, 1.165) is 24.8 Å². The molecule has 0 bridgehead atoms. The fourth-order valence-corrected chi connectivity index (χ4v) is 4.07.